The summed E-state index contributed by atoms with van der Waals surface area (Å²) in [5.41, 5.74) is 1.40. The molecule has 0 saturated carbocycles. The molecule has 2 aliphatic rings. The van der Waals surface area contributed by atoms with Crippen molar-refractivity contribution in [3.8, 4) is 0 Å². The third-order valence-electron chi connectivity index (χ3n) is 5.49. The van der Waals surface area contributed by atoms with E-state index in [2.05, 4.69) is 9.97 Å². The van der Waals surface area contributed by atoms with Gasteiger partial charge in [-0.3, -0.25) is 4.90 Å². The summed E-state index contributed by atoms with van der Waals surface area (Å²) in [6.45, 7) is -0.829. The van der Waals surface area contributed by atoms with Crippen molar-refractivity contribution in [3.63, 3.8) is 0 Å². The van der Waals surface area contributed by atoms with E-state index in [0.717, 1.165) is 17.6 Å². The zero-order valence-corrected chi connectivity index (χ0v) is 15.5. The molecule has 5 rings (SSSR count). The van der Waals surface area contributed by atoms with Crippen LogP contribution in [0.1, 0.15) is 18.0 Å². The summed E-state index contributed by atoms with van der Waals surface area (Å²) in [6, 6.07) is 5.94. The van der Waals surface area contributed by atoms with E-state index >= 15 is 0 Å². The highest BCUT2D eigenvalue weighted by atomic mass is 19.3. The number of rotatable bonds is 3. The molecule has 1 amide bonds. The van der Waals surface area contributed by atoms with Gasteiger partial charge in [-0.1, -0.05) is 0 Å². The lowest BCUT2D eigenvalue weighted by Gasteiger charge is -2.24. The zero-order chi connectivity index (χ0) is 21.0. The molecular weight excluding hydrogens is 404 g/mol. The normalized spacial score (nSPS) is 20.9. The summed E-state index contributed by atoms with van der Waals surface area (Å²) in [4.78, 5) is 21.8. The predicted octanol–water partition coefficient (Wildman–Crippen LogP) is 4.38. The number of cyclic esters (lactones) is 1. The van der Waals surface area contributed by atoms with Crippen molar-refractivity contribution < 1.29 is 27.1 Å². The first-order valence-corrected chi connectivity index (χ1v) is 9.33. The molecule has 2 fully saturated rings. The number of hydrogen-bond donors (Lipinski definition) is 1. The van der Waals surface area contributed by atoms with Crippen LogP contribution in [0.3, 0.4) is 0 Å². The van der Waals surface area contributed by atoms with E-state index in [0.29, 0.717) is 11.2 Å². The minimum atomic E-state index is -2.89. The molecule has 0 spiro atoms. The monoisotopic (exact) mass is 420 g/mol. The number of carbonyl (C=O) groups excluding carboxylic acids is 1. The smallest absolute Gasteiger partial charge is 0.415 e. The molecular formula is C20H16F4N4O2. The number of amides is 1. The summed E-state index contributed by atoms with van der Waals surface area (Å²) in [7, 11) is 0. The van der Waals surface area contributed by atoms with E-state index in [-0.39, 0.29) is 30.8 Å². The highest BCUT2D eigenvalue weighted by Crippen LogP contribution is 2.39. The first-order chi connectivity index (χ1) is 14.3. The summed E-state index contributed by atoms with van der Waals surface area (Å²) in [5.74, 6) is -4.73. The molecule has 156 valence electrons. The van der Waals surface area contributed by atoms with Crippen LogP contribution in [0.15, 0.2) is 36.7 Å². The van der Waals surface area contributed by atoms with E-state index in [1.54, 1.807) is 18.2 Å². The van der Waals surface area contributed by atoms with Crippen LogP contribution in [-0.4, -0.2) is 41.7 Å². The number of nitrogens with one attached hydrogen (secondary N) is 1. The van der Waals surface area contributed by atoms with Gasteiger partial charge >= 0.3 is 6.09 Å². The third kappa shape index (κ3) is 3.03. The van der Waals surface area contributed by atoms with E-state index < -0.39 is 36.2 Å². The SMILES string of the molecule is O=C1OC[C@H](c2c(F)cc(N3CCC(F)(F)C3)cc2F)N1c1ccc2[nH]cnc2c1. The quantitative estimate of drug-likeness (QED) is 0.639. The first kappa shape index (κ1) is 18.7. The Labute approximate surface area is 168 Å². The summed E-state index contributed by atoms with van der Waals surface area (Å²) < 4.78 is 61.9. The number of aromatic amines is 1. The fourth-order valence-corrected chi connectivity index (χ4v) is 4.02. The van der Waals surface area contributed by atoms with Gasteiger partial charge in [0, 0.05) is 18.7 Å². The topological polar surface area (TPSA) is 61.5 Å². The average molecular weight is 420 g/mol. The lowest BCUT2D eigenvalue weighted by molar-refractivity contribution is 0.0257. The van der Waals surface area contributed by atoms with Crippen LogP contribution in [-0.2, 0) is 4.74 Å². The molecule has 6 nitrogen and oxygen atoms in total. The number of fused-ring (bicyclic) bond motifs is 1. The Hall–Kier alpha value is -3.30. The number of ether oxygens (including phenoxy) is 1. The molecule has 2 aromatic carbocycles. The van der Waals surface area contributed by atoms with Crippen molar-refractivity contribution in [1.29, 1.82) is 0 Å². The number of anilines is 2. The number of H-pyrrole nitrogens is 1. The summed E-state index contributed by atoms with van der Waals surface area (Å²) >= 11 is 0. The molecule has 2 saturated heterocycles. The van der Waals surface area contributed by atoms with Crippen molar-refractivity contribution in [2.75, 3.05) is 29.5 Å². The molecule has 0 unspecified atom stereocenters. The fourth-order valence-electron chi connectivity index (χ4n) is 4.02. The van der Waals surface area contributed by atoms with Gasteiger partial charge in [0.05, 0.1) is 35.2 Å². The van der Waals surface area contributed by atoms with Crippen molar-refractivity contribution in [1.82, 2.24) is 9.97 Å². The van der Waals surface area contributed by atoms with Gasteiger partial charge in [-0.15, -0.1) is 0 Å². The van der Waals surface area contributed by atoms with Gasteiger partial charge in [0.25, 0.3) is 5.92 Å². The minimum Gasteiger partial charge on any atom is -0.447 e. The van der Waals surface area contributed by atoms with Crippen LogP contribution >= 0.6 is 0 Å². The second-order valence-corrected chi connectivity index (χ2v) is 7.42. The Balaban J connectivity index is 1.51. The second-order valence-electron chi connectivity index (χ2n) is 7.42. The molecule has 1 atom stereocenters. The number of aromatic nitrogens is 2. The van der Waals surface area contributed by atoms with Crippen LogP contribution in [0.5, 0.6) is 0 Å². The standard InChI is InChI=1S/C20H16F4N4O2/c21-13-5-12(27-4-3-20(23,24)9-27)6-14(22)18(13)17-8-30-19(29)28(17)11-1-2-15-16(7-11)26-10-25-15/h1-2,5-7,10,17H,3-4,8-9H2,(H,25,26)/t17-/m1/s1. The Morgan fingerprint density at radius 3 is 2.60 bits per heavy atom. The highest BCUT2D eigenvalue weighted by molar-refractivity contribution is 5.93. The van der Waals surface area contributed by atoms with Crippen LogP contribution in [0, 0.1) is 11.6 Å². The number of hydrogen-bond acceptors (Lipinski definition) is 4. The van der Waals surface area contributed by atoms with Gasteiger partial charge in [-0.2, -0.15) is 0 Å². The average Bonchev–Trinajstić information content (AvgIpc) is 3.39. The number of benzene rings is 2. The molecule has 2 aliphatic heterocycles. The van der Waals surface area contributed by atoms with Crippen LogP contribution in [0.25, 0.3) is 11.0 Å². The minimum absolute atomic E-state index is 0.00601. The third-order valence-corrected chi connectivity index (χ3v) is 5.49. The van der Waals surface area contributed by atoms with Crippen molar-refractivity contribution in [2.45, 2.75) is 18.4 Å². The largest absolute Gasteiger partial charge is 0.447 e. The fraction of sp³-hybridized carbons (Fsp3) is 0.300. The van der Waals surface area contributed by atoms with Crippen LogP contribution < -0.4 is 9.80 Å². The Bertz CT molecular complexity index is 1130. The molecule has 1 aromatic heterocycles. The number of carbonyl (C=O) groups is 1. The Morgan fingerprint density at radius 2 is 1.90 bits per heavy atom. The maximum atomic E-state index is 15.0. The van der Waals surface area contributed by atoms with Crippen molar-refractivity contribution in [3.05, 3.63) is 53.9 Å². The number of alkyl halides is 2. The number of nitrogens with zero attached hydrogens (tertiary/aromatic N) is 3. The lowest BCUT2D eigenvalue weighted by Crippen LogP contribution is -2.29. The molecule has 0 aliphatic carbocycles. The number of imidazole rings is 1. The predicted molar refractivity (Wildman–Crippen MR) is 101 cm³/mol. The van der Waals surface area contributed by atoms with Gasteiger partial charge in [0.1, 0.15) is 24.3 Å². The van der Waals surface area contributed by atoms with Crippen molar-refractivity contribution in [2.24, 2.45) is 0 Å². The Kier molecular flexibility index (Phi) is 4.12. The van der Waals surface area contributed by atoms with E-state index in [9.17, 15) is 22.4 Å². The zero-order valence-electron chi connectivity index (χ0n) is 15.5. The van der Waals surface area contributed by atoms with Crippen LogP contribution in [0.2, 0.25) is 0 Å². The molecule has 10 heteroatoms. The maximum Gasteiger partial charge on any atom is 0.415 e. The van der Waals surface area contributed by atoms with Gasteiger partial charge in [0.2, 0.25) is 0 Å². The highest BCUT2D eigenvalue weighted by Gasteiger charge is 2.41. The molecule has 3 aromatic rings. The number of halogens is 4. The van der Waals surface area contributed by atoms with Gasteiger partial charge in [0.15, 0.2) is 0 Å². The lowest BCUT2D eigenvalue weighted by atomic mass is 10.0. The summed E-state index contributed by atoms with van der Waals surface area (Å²) in [5, 5.41) is 0. The van der Waals surface area contributed by atoms with E-state index in [1.165, 1.54) is 16.1 Å². The molecule has 1 N–H and O–H groups in total. The molecule has 30 heavy (non-hydrogen) atoms. The van der Waals surface area contributed by atoms with Gasteiger partial charge in [-0.05, 0) is 30.3 Å². The molecule has 0 radical (unpaired) electrons. The van der Waals surface area contributed by atoms with E-state index in [4.69, 9.17) is 4.74 Å². The first-order valence-electron chi connectivity index (χ1n) is 9.33. The van der Waals surface area contributed by atoms with Gasteiger partial charge in [-0.25, -0.2) is 27.3 Å². The Morgan fingerprint density at radius 1 is 1.13 bits per heavy atom. The summed E-state index contributed by atoms with van der Waals surface area (Å²) in [6.07, 6.45) is 0.387. The maximum absolute atomic E-state index is 15.0. The van der Waals surface area contributed by atoms with Crippen molar-refractivity contribution >= 4 is 28.5 Å². The van der Waals surface area contributed by atoms with Crippen LogP contribution in [0.4, 0.5) is 33.7 Å². The van der Waals surface area contributed by atoms with Gasteiger partial charge < -0.3 is 14.6 Å². The second kappa shape index (κ2) is 6.61. The molecule has 0 bridgehead atoms. The molecule has 3 heterocycles. The van der Waals surface area contributed by atoms with E-state index in [1.807, 2.05) is 0 Å².